The first-order valence-corrected chi connectivity index (χ1v) is 7.40. The van der Waals surface area contributed by atoms with E-state index >= 15 is 0 Å². The number of benzene rings is 1. The molecule has 1 atom stereocenters. The Morgan fingerprint density at radius 2 is 1.90 bits per heavy atom. The van der Waals surface area contributed by atoms with Crippen LogP contribution in [0.25, 0.3) is 0 Å². The number of hydrogen-bond acceptors (Lipinski definition) is 3. The van der Waals surface area contributed by atoms with E-state index in [1.54, 1.807) is 12.4 Å². The molecule has 0 radical (unpaired) electrons. The first kappa shape index (κ1) is 15.0. The van der Waals surface area contributed by atoms with E-state index in [1.807, 2.05) is 26.0 Å². The molecule has 0 saturated carbocycles. The number of hydrogen-bond donors (Lipinski definition) is 1. The minimum Gasteiger partial charge on any atom is -0.489 e. The summed E-state index contributed by atoms with van der Waals surface area (Å²) in [6, 6.07) is 7.89. The van der Waals surface area contributed by atoms with E-state index in [9.17, 15) is 0 Å². The van der Waals surface area contributed by atoms with Gasteiger partial charge in [-0.15, -0.1) is 0 Å². The van der Waals surface area contributed by atoms with E-state index in [2.05, 4.69) is 40.0 Å². The van der Waals surface area contributed by atoms with Crippen molar-refractivity contribution in [2.45, 2.75) is 32.9 Å². The van der Waals surface area contributed by atoms with Crippen molar-refractivity contribution in [1.82, 2.24) is 4.98 Å². The molecule has 2 aromatic rings. The van der Waals surface area contributed by atoms with Gasteiger partial charge in [-0.25, -0.2) is 0 Å². The number of aromatic nitrogens is 1. The van der Waals surface area contributed by atoms with Crippen LogP contribution in [0.15, 0.2) is 41.1 Å². The highest BCUT2D eigenvalue weighted by Crippen LogP contribution is 2.26. The maximum Gasteiger partial charge on any atom is 0.138 e. The molecule has 4 heteroatoms. The second kappa shape index (κ2) is 6.37. The van der Waals surface area contributed by atoms with Gasteiger partial charge in [0.1, 0.15) is 5.75 Å². The molecule has 0 aliphatic carbocycles. The van der Waals surface area contributed by atoms with E-state index in [0.29, 0.717) is 0 Å². The molecule has 2 rings (SSSR count). The Labute approximate surface area is 128 Å². The van der Waals surface area contributed by atoms with Gasteiger partial charge in [-0.2, -0.15) is 0 Å². The van der Waals surface area contributed by atoms with Crippen LogP contribution in [0.3, 0.4) is 0 Å². The normalized spacial score (nSPS) is 12.5. The molecule has 1 heterocycles. The Kier molecular flexibility index (Phi) is 4.78. The second-order valence-corrected chi connectivity index (χ2v) is 5.96. The molecule has 0 fully saturated rings. The topological polar surface area (TPSA) is 48.1 Å². The van der Waals surface area contributed by atoms with Gasteiger partial charge in [0.25, 0.3) is 0 Å². The summed E-state index contributed by atoms with van der Waals surface area (Å²) in [6.07, 6.45) is 3.61. The lowest BCUT2D eigenvalue weighted by molar-refractivity contribution is 0.241. The Morgan fingerprint density at radius 1 is 1.15 bits per heavy atom. The SMILES string of the molecule is Cc1ccc(C(N)c2cncc(OC(C)C)c2)cc1Br. The fourth-order valence-electron chi connectivity index (χ4n) is 1.94. The molecule has 0 saturated heterocycles. The smallest absolute Gasteiger partial charge is 0.138 e. The zero-order valence-corrected chi connectivity index (χ0v) is 13.5. The predicted octanol–water partition coefficient (Wildman–Crippen LogP) is 3.99. The van der Waals surface area contributed by atoms with Crippen LogP contribution >= 0.6 is 15.9 Å². The average molecular weight is 335 g/mol. The van der Waals surface area contributed by atoms with E-state index in [1.165, 1.54) is 5.56 Å². The Hall–Kier alpha value is -1.39. The molecule has 0 amide bonds. The number of nitrogens with zero attached hydrogens (tertiary/aromatic N) is 1. The van der Waals surface area contributed by atoms with E-state index in [4.69, 9.17) is 10.5 Å². The first-order chi connectivity index (χ1) is 9.47. The third-order valence-corrected chi connectivity index (χ3v) is 3.87. The van der Waals surface area contributed by atoms with Crippen LogP contribution in [0.2, 0.25) is 0 Å². The summed E-state index contributed by atoms with van der Waals surface area (Å²) < 4.78 is 6.72. The van der Waals surface area contributed by atoms with Crippen molar-refractivity contribution in [2.75, 3.05) is 0 Å². The molecule has 1 unspecified atom stereocenters. The van der Waals surface area contributed by atoms with Gasteiger partial charge in [0.2, 0.25) is 0 Å². The van der Waals surface area contributed by atoms with Crippen LogP contribution in [0, 0.1) is 6.92 Å². The number of pyridine rings is 1. The van der Waals surface area contributed by atoms with Gasteiger partial charge in [-0.05, 0) is 49.6 Å². The molecule has 20 heavy (non-hydrogen) atoms. The van der Waals surface area contributed by atoms with Gasteiger partial charge in [0, 0.05) is 10.7 Å². The van der Waals surface area contributed by atoms with Crippen LogP contribution in [-0.4, -0.2) is 11.1 Å². The Balaban J connectivity index is 2.28. The second-order valence-electron chi connectivity index (χ2n) is 5.11. The van der Waals surface area contributed by atoms with E-state index in [0.717, 1.165) is 21.3 Å². The Bertz CT molecular complexity index is 599. The van der Waals surface area contributed by atoms with Crippen molar-refractivity contribution in [2.24, 2.45) is 5.73 Å². The van der Waals surface area contributed by atoms with Gasteiger partial charge in [-0.3, -0.25) is 4.98 Å². The molecule has 0 aliphatic rings. The van der Waals surface area contributed by atoms with Crippen LogP contribution in [-0.2, 0) is 0 Å². The summed E-state index contributed by atoms with van der Waals surface area (Å²) >= 11 is 3.54. The van der Waals surface area contributed by atoms with Crippen molar-refractivity contribution < 1.29 is 4.74 Å². The summed E-state index contributed by atoms with van der Waals surface area (Å²) in [7, 11) is 0. The van der Waals surface area contributed by atoms with Crippen molar-refractivity contribution in [3.8, 4) is 5.75 Å². The highest BCUT2D eigenvalue weighted by Gasteiger charge is 2.12. The summed E-state index contributed by atoms with van der Waals surface area (Å²) in [5, 5.41) is 0. The highest BCUT2D eigenvalue weighted by molar-refractivity contribution is 9.10. The highest BCUT2D eigenvalue weighted by atomic mass is 79.9. The van der Waals surface area contributed by atoms with Gasteiger partial charge < -0.3 is 10.5 Å². The summed E-state index contributed by atoms with van der Waals surface area (Å²) in [4.78, 5) is 4.21. The van der Waals surface area contributed by atoms with Crippen LogP contribution in [0.5, 0.6) is 5.75 Å². The summed E-state index contributed by atoms with van der Waals surface area (Å²) in [6.45, 7) is 6.03. The maximum atomic E-state index is 6.32. The van der Waals surface area contributed by atoms with Crippen LogP contribution in [0.4, 0.5) is 0 Å². The third-order valence-electron chi connectivity index (χ3n) is 3.02. The number of nitrogens with two attached hydrogens (primary N) is 1. The van der Waals surface area contributed by atoms with Gasteiger partial charge in [0.05, 0.1) is 18.3 Å². The predicted molar refractivity (Wildman–Crippen MR) is 84.9 cm³/mol. The maximum absolute atomic E-state index is 6.32. The van der Waals surface area contributed by atoms with Gasteiger partial charge in [-0.1, -0.05) is 28.1 Å². The van der Waals surface area contributed by atoms with Crippen LogP contribution in [0.1, 0.15) is 36.6 Å². The molecule has 3 nitrogen and oxygen atoms in total. The number of halogens is 1. The average Bonchev–Trinajstić information content (AvgIpc) is 2.40. The molecule has 1 aromatic heterocycles. The van der Waals surface area contributed by atoms with Crippen molar-refractivity contribution in [3.05, 3.63) is 57.8 Å². The minimum absolute atomic E-state index is 0.122. The zero-order chi connectivity index (χ0) is 14.7. The van der Waals surface area contributed by atoms with Crippen molar-refractivity contribution in [1.29, 1.82) is 0 Å². The quantitative estimate of drug-likeness (QED) is 0.919. The molecule has 2 N–H and O–H groups in total. The van der Waals surface area contributed by atoms with Crippen molar-refractivity contribution in [3.63, 3.8) is 0 Å². The lowest BCUT2D eigenvalue weighted by Crippen LogP contribution is -2.13. The number of ether oxygens (including phenoxy) is 1. The minimum atomic E-state index is -0.213. The van der Waals surface area contributed by atoms with Crippen LogP contribution < -0.4 is 10.5 Å². The molecule has 0 bridgehead atoms. The lowest BCUT2D eigenvalue weighted by atomic mass is 10.00. The number of aryl methyl sites for hydroxylation is 1. The summed E-state index contributed by atoms with van der Waals surface area (Å²) in [5.41, 5.74) is 9.50. The molecule has 106 valence electrons. The van der Waals surface area contributed by atoms with Crippen molar-refractivity contribution >= 4 is 15.9 Å². The monoisotopic (exact) mass is 334 g/mol. The standard InChI is InChI=1S/C16H19BrN2O/c1-10(2)20-14-6-13(8-19-9-14)16(18)12-5-4-11(3)15(17)7-12/h4-10,16H,18H2,1-3H3. The Morgan fingerprint density at radius 3 is 2.55 bits per heavy atom. The molecular formula is C16H19BrN2O. The molecule has 0 spiro atoms. The van der Waals surface area contributed by atoms with E-state index < -0.39 is 0 Å². The molecular weight excluding hydrogens is 316 g/mol. The largest absolute Gasteiger partial charge is 0.489 e. The third kappa shape index (κ3) is 3.58. The van der Waals surface area contributed by atoms with E-state index in [-0.39, 0.29) is 12.1 Å². The fraction of sp³-hybridized carbons (Fsp3) is 0.312. The summed E-state index contributed by atoms with van der Waals surface area (Å²) in [5.74, 6) is 0.749. The van der Waals surface area contributed by atoms with Gasteiger partial charge >= 0.3 is 0 Å². The first-order valence-electron chi connectivity index (χ1n) is 6.60. The molecule has 0 aliphatic heterocycles. The fourth-order valence-corrected chi connectivity index (χ4v) is 2.33. The number of rotatable bonds is 4. The zero-order valence-electron chi connectivity index (χ0n) is 11.9. The lowest BCUT2D eigenvalue weighted by Gasteiger charge is -2.15. The molecule has 1 aromatic carbocycles. The van der Waals surface area contributed by atoms with Gasteiger partial charge in [0.15, 0.2) is 0 Å².